The number of aromatic nitrogens is 2. The summed E-state index contributed by atoms with van der Waals surface area (Å²) in [5.41, 5.74) is 2.67. The van der Waals surface area contributed by atoms with E-state index in [1.54, 1.807) is 26.0 Å². The molecule has 0 radical (unpaired) electrons. The maximum atomic E-state index is 14.6. The van der Waals surface area contributed by atoms with Crippen LogP contribution in [0.25, 0.3) is 10.9 Å². The summed E-state index contributed by atoms with van der Waals surface area (Å²) in [6.07, 6.45) is 0. The minimum atomic E-state index is -0.488. The van der Waals surface area contributed by atoms with Gasteiger partial charge in [-0.15, -0.1) is 0 Å². The van der Waals surface area contributed by atoms with Crippen LogP contribution in [0.4, 0.5) is 4.39 Å². The molecule has 1 aromatic carbocycles. The van der Waals surface area contributed by atoms with E-state index in [9.17, 15) is 9.18 Å². The summed E-state index contributed by atoms with van der Waals surface area (Å²) in [5.74, 6) is -0.635. The highest BCUT2D eigenvalue weighted by atomic mass is 19.1. The van der Waals surface area contributed by atoms with E-state index in [1.165, 1.54) is 6.07 Å². The van der Waals surface area contributed by atoms with Gasteiger partial charge in [-0.3, -0.25) is 4.79 Å². The quantitative estimate of drug-likeness (QED) is 0.779. The Kier molecular flexibility index (Phi) is 3.44. The highest BCUT2D eigenvalue weighted by molar-refractivity contribution is 5.91. The van der Waals surface area contributed by atoms with Gasteiger partial charge in [0.1, 0.15) is 5.82 Å². The van der Waals surface area contributed by atoms with Crippen molar-refractivity contribution in [1.82, 2.24) is 15.5 Å². The lowest BCUT2D eigenvalue weighted by Gasteiger charge is -2.14. The fraction of sp³-hybridized carbons (Fsp3) is 0.250. The molecular formula is C16H16FN3O2. The third-order valence-electron chi connectivity index (χ3n) is 3.57. The number of hydrogen-bond donors (Lipinski definition) is 2. The lowest BCUT2D eigenvalue weighted by Crippen LogP contribution is -2.26. The van der Waals surface area contributed by atoms with Crippen LogP contribution in [-0.4, -0.2) is 16.0 Å². The normalized spacial score (nSPS) is 12.5. The first-order valence-corrected chi connectivity index (χ1v) is 6.97. The van der Waals surface area contributed by atoms with Crippen molar-refractivity contribution in [1.29, 1.82) is 0 Å². The predicted molar refractivity (Wildman–Crippen MR) is 80.1 cm³/mol. The van der Waals surface area contributed by atoms with Crippen molar-refractivity contribution in [2.45, 2.75) is 26.8 Å². The van der Waals surface area contributed by atoms with Crippen LogP contribution >= 0.6 is 0 Å². The number of aryl methyl sites for hydroxylation is 2. The molecule has 3 rings (SSSR count). The van der Waals surface area contributed by atoms with Gasteiger partial charge in [0.05, 0.1) is 11.7 Å². The van der Waals surface area contributed by atoms with Crippen LogP contribution < -0.4 is 5.32 Å². The smallest absolute Gasteiger partial charge is 0.290 e. The van der Waals surface area contributed by atoms with E-state index in [0.29, 0.717) is 16.6 Å². The molecule has 2 aromatic heterocycles. The number of amides is 1. The van der Waals surface area contributed by atoms with Crippen LogP contribution in [0, 0.1) is 19.7 Å². The SMILES string of the molecule is Cc1cc(C(=O)NC(C)c2ccc3[nH]c(C)cc3c2F)on1. The van der Waals surface area contributed by atoms with Gasteiger partial charge in [-0.25, -0.2) is 4.39 Å². The second-order valence-electron chi connectivity index (χ2n) is 5.41. The van der Waals surface area contributed by atoms with Crippen molar-refractivity contribution in [2.24, 2.45) is 0 Å². The van der Waals surface area contributed by atoms with Crippen molar-refractivity contribution in [3.8, 4) is 0 Å². The van der Waals surface area contributed by atoms with Crippen LogP contribution in [0.5, 0.6) is 0 Å². The first-order chi connectivity index (χ1) is 10.5. The van der Waals surface area contributed by atoms with Crippen LogP contribution in [0.1, 0.15) is 40.5 Å². The van der Waals surface area contributed by atoms with Crippen LogP contribution in [0.2, 0.25) is 0 Å². The second-order valence-corrected chi connectivity index (χ2v) is 5.41. The van der Waals surface area contributed by atoms with Crippen molar-refractivity contribution in [3.05, 3.63) is 52.8 Å². The molecule has 1 unspecified atom stereocenters. The van der Waals surface area contributed by atoms with Gasteiger partial charge >= 0.3 is 0 Å². The highest BCUT2D eigenvalue weighted by Crippen LogP contribution is 2.26. The zero-order valence-corrected chi connectivity index (χ0v) is 12.5. The van der Waals surface area contributed by atoms with Gasteiger partial charge in [-0.1, -0.05) is 11.2 Å². The van der Waals surface area contributed by atoms with Gasteiger partial charge < -0.3 is 14.8 Å². The largest absolute Gasteiger partial charge is 0.359 e. The molecule has 22 heavy (non-hydrogen) atoms. The van der Waals surface area contributed by atoms with E-state index in [1.807, 2.05) is 13.0 Å². The summed E-state index contributed by atoms with van der Waals surface area (Å²) in [6, 6.07) is 6.28. The van der Waals surface area contributed by atoms with Gasteiger partial charge in [0, 0.05) is 28.2 Å². The van der Waals surface area contributed by atoms with Crippen LogP contribution in [0.15, 0.2) is 28.8 Å². The Morgan fingerprint density at radius 1 is 1.36 bits per heavy atom. The molecule has 0 aliphatic heterocycles. The lowest BCUT2D eigenvalue weighted by atomic mass is 10.0. The molecule has 114 valence electrons. The Morgan fingerprint density at radius 2 is 2.14 bits per heavy atom. The average molecular weight is 301 g/mol. The summed E-state index contributed by atoms with van der Waals surface area (Å²) in [4.78, 5) is 15.1. The molecule has 1 atom stereocenters. The standard InChI is InChI=1S/C16H16FN3O2/c1-8-6-12-13(18-8)5-4-11(15(12)17)10(3)19-16(21)14-7-9(2)20-22-14/h4-7,10,18H,1-3H3,(H,19,21). The maximum Gasteiger partial charge on any atom is 0.290 e. The second kappa shape index (κ2) is 5.29. The Morgan fingerprint density at radius 3 is 2.82 bits per heavy atom. The van der Waals surface area contributed by atoms with E-state index < -0.39 is 11.9 Å². The number of aromatic amines is 1. The minimum Gasteiger partial charge on any atom is -0.359 e. The summed E-state index contributed by atoms with van der Waals surface area (Å²) in [7, 11) is 0. The van der Waals surface area contributed by atoms with Gasteiger partial charge in [0.2, 0.25) is 5.76 Å². The third-order valence-corrected chi connectivity index (χ3v) is 3.57. The van der Waals surface area contributed by atoms with Crippen LogP contribution in [0.3, 0.4) is 0 Å². The summed E-state index contributed by atoms with van der Waals surface area (Å²) >= 11 is 0. The van der Waals surface area contributed by atoms with E-state index in [2.05, 4.69) is 15.5 Å². The fourth-order valence-corrected chi connectivity index (χ4v) is 2.48. The Hall–Kier alpha value is -2.63. The summed E-state index contributed by atoms with van der Waals surface area (Å²) in [6.45, 7) is 5.33. The van der Waals surface area contributed by atoms with E-state index in [4.69, 9.17) is 4.52 Å². The van der Waals surface area contributed by atoms with Gasteiger partial charge in [-0.05, 0) is 32.9 Å². The number of rotatable bonds is 3. The minimum absolute atomic E-state index is 0.114. The molecule has 0 aliphatic carbocycles. The fourth-order valence-electron chi connectivity index (χ4n) is 2.48. The molecule has 2 N–H and O–H groups in total. The van der Waals surface area contributed by atoms with E-state index >= 15 is 0 Å². The van der Waals surface area contributed by atoms with E-state index in [-0.39, 0.29) is 11.6 Å². The zero-order valence-electron chi connectivity index (χ0n) is 12.5. The third kappa shape index (κ3) is 2.47. The maximum absolute atomic E-state index is 14.6. The topological polar surface area (TPSA) is 70.9 Å². The van der Waals surface area contributed by atoms with Crippen molar-refractivity contribution >= 4 is 16.8 Å². The number of carbonyl (C=O) groups excluding carboxylic acids is 1. The molecule has 6 heteroatoms. The number of carbonyl (C=O) groups is 1. The molecular weight excluding hydrogens is 285 g/mol. The van der Waals surface area contributed by atoms with Gasteiger partial charge in [-0.2, -0.15) is 0 Å². The summed E-state index contributed by atoms with van der Waals surface area (Å²) < 4.78 is 19.5. The number of nitrogens with one attached hydrogen (secondary N) is 2. The monoisotopic (exact) mass is 301 g/mol. The molecule has 2 heterocycles. The molecule has 3 aromatic rings. The number of halogens is 1. The molecule has 0 spiro atoms. The van der Waals surface area contributed by atoms with Gasteiger partial charge in [0.25, 0.3) is 5.91 Å². The number of hydrogen-bond acceptors (Lipinski definition) is 3. The molecule has 0 fully saturated rings. The number of fused-ring (bicyclic) bond motifs is 1. The van der Waals surface area contributed by atoms with E-state index in [0.717, 1.165) is 11.2 Å². The number of H-pyrrole nitrogens is 1. The molecule has 0 saturated carbocycles. The lowest BCUT2D eigenvalue weighted by molar-refractivity contribution is 0.0902. The number of benzene rings is 1. The number of nitrogens with zero attached hydrogens (tertiary/aromatic N) is 1. The van der Waals surface area contributed by atoms with Gasteiger partial charge in [0.15, 0.2) is 0 Å². The molecule has 5 nitrogen and oxygen atoms in total. The molecule has 1 amide bonds. The molecule has 0 saturated heterocycles. The molecule has 0 aliphatic rings. The molecule has 0 bridgehead atoms. The zero-order chi connectivity index (χ0) is 15.9. The Labute approximate surface area is 126 Å². The highest BCUT2D eigenvalue weighted by Gasteiger charge is 2.19. The van der Waals surface area contributed by atoms with Crippen molar-refractivity contribution in [3.63, 3.8) is 0 Å². The van der Waals surface area contributed by atoms with Crippen LogP contribution in [-0.2, 0) is 0 Å². The average Bonchev–Trinajstić information content (AvgIpc) is 3.04. The predicted octanol–water partition coefficient (Wildman–Crippen LogP) is 3.40. The first kappa shape index (κ1) is 14.3. The summed E-state index contributed by atoms with van der Waals surface area (Å²) in [5, 5.41) is 6.90. The Bertz CT molecular complexity index is 850. The van der Waals surface area contributed by atoms with Crippen molar-refractivity contribution < 1.29 is 13.7 Å². The first-order valence-electron chi connectivity index (χ1n) is 6.97. The Balaban J connectivity index is 1.87. The van der Waals surface area contributed by atoms with Crippen molar-refractivity contribution in [2.75, 3.05) is 0 Å².